The molecule has 0 aromatic carbocycles. The van der Waals surface area contributed by atoms with Crippen LogP contribution in [-0.2, 0) is 6.42 Å². The highest BCUT2D eigenvalue weighted by Crippen LogP contribution is 2.25. The van der Waals surface area contributed by atoms with E-state index >= 15 is 0 Å². The lowest BCUT2D eigenvalue weighted by atomic mass is 10.5. The first kappa shape index (κ1) is 9.67. The zero-order chi connectivity index (χ0) is 10.1. The van der Waals surface area contributed by atoms with Crippen LogP contribution in [0.2, 0.25) is 5.15 Å². The summed E-state index contributed by atoms with van der Waals surface area (Å²) in [7, 11) is 0. The normalized spacial score (nSPS) is 11.4. The number of thiazole rings is 1. The standard InChI is InChI=1S/C7H4ClF2N3S/c8-6-5-7(12-2-11-6)14-4(13-5)1-3(9)10/h2-3H,1H2. The van der Waals surface area contributed by atoms with Crippen molar-refractivity contribution in [2.45, 2.75) is 12.8 Å². The number of rotatable bonds is 2. The molecule has 0 amide bonds. The maximum absolute atomic E-state index is 12.0. The molecule has 0 aliphatic rings. The largest absolute Gasteiger partial charge is 0.244 e. The van der Waals surface area contributed by atoms with Gasteiger partial charge in [0.25, 0.3) is 0 Å². The molecule has 0 bridgehead atoms. The molecule has 3 nitrogen and oxygen atoms in total. The molecule has 0 aliphatic carbocycles. The molecule has 2 aromatic heterocycles. The molecule has 0 radical (unpaired) electrons. The van der Waals surface area contributed by atoms with Crippen LogP contribution in [0.1, 0.15) is 5.01 Å². The van der Waals surface area contributed by atoms with Gasteiger partial charge >= 0.3 is 0 Å². The highest BCUT2D eigenvalue weighted by molar-refractivity contribution is 7.18. The Morgan fingerprint density at radius 2 is 2.21 bits per heavy atom. The number of nitrogens with zero attached hydrogens (tertiary/aromatic N) is 3. The molecule has 0 saturated carbocycles. The number of hydrogen-bond donors (Lipinski definition) is 0. The molecular formula is C7H4ClF2N3S. The van der Waals surface area contributed by atoms with Crippen LogP contribution in [0, 0.1) is 0 Å². The van der Waals surface area contributed by atoms with E-state index in [0.717, 1.165) is 11.3 Å². The maximum atomic E-state index is 12.0. The van der Waals surface area contributed by atoms with Crippen molar-refractivity contribution in [3.8, 4) is 0 Å². The number of alkyl halides is 2. The fraction of sp³-hybridized carbons (Fsp3) is 0.286. The lowest BCUT2D eigenvalue weighted by Crippen LogP contribution is -1.95. The second kappa shape index (κ2) is 3.70. The van der Waals surface area contributed by atoms with E-state index < -0.39 is 6.43 Å². The molecule has 0 aliphatic heterocycles. The van der Waals surface area contributed by atoms with E-state index in [1.54, 1.807) is 0 Å². The Hall–Kier alpha value is -0.880. The van der Waals surface area contributed by atoms with Crippen LogP contribution in [0.4, 0.5) is 8.78 Å². The van der Waals surface area contributed by atoms with Gasteiger partial charge < -0.3 is 0 Å². The Morgan fingerprint density at radius 3 is 2.86 bits per heavy atom. The lowest BCUT2D eigenvalue weighted by molar-refractivity contribution is 0.149. The van der Waals surface area contributed by atoms with Gasteiger partial charge in [-0.25, -0.2) is 23.7 Å². The minimum Gasteiger partial charge on any atom is -0.236 e. The summed E-state index contributed by atoms with van der Waals surface area (Å²) in [5.41, 5.74) is 0.398. The van der Waals surface area contributed by atoms with Gasteiger partial charge in [0.2, 0.25) is 6.43 Å². The number of hydrogen-bond acceptors (Lipinski definition) is 4. The molecule has 2 heterocycles. The molecule has 0 fully saturated rings. The highest BCUT2D eigenvalue weighted by atomic mass is 35.5. The Morgan fingerprint density at radius 1 is 1.43 bits per heavy atom. The van der Waals surface area contributed by atoms with Crippen LogP contribution in [0.15, 0.2) is 6.33 Å². The minimum atomic E-state index is -2.40. The molecule has 2 aromatic rings. The highest BCUT2D eigenvalue weighted by Gasteiger charge is 2.12. The Labute approximate surface area is 86.8 Å². The minimum absolute atomic E-state index is 0.201. The zero-order valence-electron chi connectivity index (χ0n) is 6.75. The van der Waals surface area contributed by atoms with Crippen molar-refractivity contribution in [1.29, 1.82) is 0 Å². The Bertz CT molecular complexity index is 459. The van der Waals surface area contributed by atoms with Crippen LogP contribution in [-0.4, -0.2) is 21.4 Å². The van der Waals surface area contributed by atoms with E-state index in [9.17, 15) is 8.78 Å². The lowest BCUT2D eigenvalue weighted by Gasteiger charge is -1.90. The molecule has 0 atom stereocenters. The van der Waals surface area contributed by atoms with Crippen molar-refractivity contribution in [2.24, 2.45) is 0 Å². The van der Waals surface area contributed by atoms with Gasteiger partial charge in [0.15, 0.2) is 5.15 Å². The van der Waals surface area contributed by atoms with E-state index in [4.69, 9.17) is 11.6 Å². The van der Waals surface area contributed by atoms with Crippen LogP contribution < -0.4 is 0 Å². The van der Waals surface area contributed by atoms with Crippen molar-refractivity contribution in [3.05, 3.63) is 16.5 Å². The van der Waals surface area contributed by atoms with E-state index in [0.29, 0.717) is 15.4 Å². The van der Waals surface area contributed by atoms with Crippen molar-refractivity contribution in [3.63, 3.8) is 0 Å². The van der Waals surface area contributed by atoms with Crippen molar-refractivity contribution in [1.82, 2.24) is 15.0 Å². The summed E-state index contributed by atoms with van der Waals surface area (Å²) in [6.07, 6.45) is -1.48. The van der Waals surface area contributed by atoms with Crippen LogP contribution in [0.5, 0.6) is 0 Å². The third-order valence-electron chi connectivity index (χ3n) is 1.52. The first-order valence-electron chi connectivity index (χ1n) is 3.71. The van der Waals surface area contributed by atoms with Gasteiger partial charge in [0, 0.05) is 0 Å². The quantitative estimate of drug-likeness (QED) is 0.751. The monoisotopic (exact) mass is 235 g/mol. The first-order valence-corrected chi connectivity index (χ1v) is 4.90. The molecule has 0 N–H and O–H groups in total. The fourth-order valence-electron chi connectivity index (χ4n) is 0.990. The molecule has 74 valence electrons. The number of halogens is 3. The van der Waals surface area contributed by atoms with Gasteiger partial charge in [-0.05, 0) is 0 Å². The zero-order valence-corrected chi connectivity index (χ0v) is 8.32. The smallest absolute Gasteiger partial charge is 0.236 e. The molecular weight excluding hydrogens is 232 g/mol. The molecule has 0 spiro atoms. The molecule has 0 saturated heterocycles. The maximum Gasteiger partial charge on any atom is 0.244 e. The molecule has 0 unspecified atom stereocenters. The number of fused-ring (bicyclic) bond motifs is 1. The predicted molar refractivity (Wildman–Crippen MR) is 49.9 cm³/mol. The van der Waals surface area contributed by atoms with Gasteiger partial charge in [0.1, 0.15) is 21.7 Å². The Balaban J connectivity index is 2.46. The van der Waals surface area contributed by atoms with Crippen LogP contribution in [0.3, 0.4) is 0 Å². The van der Waals surface area contributed by atoms with E-state index in [2.05, 4.69) is 15.0 Å². The average Bonchev–Trinajstić information content (AvgIpc) is 2.47. The van der Waals surface area contributed by atoms with Gasteiger partial charge in [0.05, 0.1) is 6.42 Å². The molecule has 7 heteroatoms. The summed E-state index contributed by atoms with van der Waals surface area (Å²) in [6, 6.07) is 0. The predicted octanol–water partition coefficient (Wildman–Crippen LogP) is 2.55. The number of aromatic nitrogens is 3. The summed E-state index contributed by atoms with van der Waals surface area (Å²) < 4.78 is 24.1. The van der Waals surface area contributed by atoms with E-state index in [-0.39, 0.29) is 11.6 Å². The van der Waals surface area contributed by atoms with Crippen molar-refractivity contribution >= 4 is 33.3 Å². The second-order valence-electron chi connectivity index (χ2n) is 2.52. The average molecular weight is 236 g/mol. The third kappa shape index (κ3) is 1.80. The summed E-state index contributed by atoms with van der Waals surface area (Å²) in [4.78, 5) is 12.1. The van der Waals surface area contributed by atoms with Gasteiger partial charge in [-0.3, -0.25) is 0 Å². The van der Waals surface area contributed by atoms with Crippen molar-refractivity contribution < 1.29 is 8.78 Å². The second-order valence-corrected chi connectivity index (χ2v) is 3.94. The summed E-state index contributed by atoms with van der Waals surface area (Å²) in [5.74, 6) is 0. The van der Waals surface area contributed by atoms with Gasteiger partial charge in [-0.1, -0.05) is 22.9 Å². The summed E-state index contributed by atoms with van der Waals surface area (Å²) in [5, 5.41) is 0.532. The fourth-order valence-corrected chi connectivity index (χ4v) is 2.13. The SMILES string of the molecule is FC(F)Cc1nc2c(Cl)ncnc2s1. The van der Waals surface area contributed by atoms with Crippen molar-refractivity contribution in [2.75, 3.05) is 0 Å². The Kier molecular flexibility index (Phi) is 2.56. The first-order chi connectivity index (χ1) is 6.66. The van der Waals surface area contributed by atoms with Crippen LogP contribution >= 0.6 is 22.9 Å². The third-order valence-corrected chi connectivity index (χ3v) is 2.79. The van der Waals surface area contributed by atoms with Crippen LogP contribution in [0.25, 0.3) is 10.3 Å². The van der Waals surface area contributed by atoms with Gasteiger partial charge in [-0.15, -0.1) is 0 Å². The molecule has 2 rings (SSSR count). The van der Waals surface area contributed by atoms with Gasteiger partial charge in [-0.2, -0.15) is 0 Å². The summed E-state index contributed by atoms with van der Waals surface area (Å²) in [6.45, 7) is 0. The topological polar surface area (TPSA) is 38.7 Å². The summed E-state index contributed by atoms with van der Waals surface area (Å²) >= 11 is 6.83. The molecule has 14 heavy (non-hydrogen) atoms. The van der Waals surface area contributed by atoms with E-state index in [1.807, 2.05) is 0 Å². The van der Waals surface area contributed by atoms with E-state index in [1.165, 1.54) is 6.33 Å².